The highest BCUT2D eigenvalue weighted by molar-refractivity contribution is 6.07. The average molecular weight is 296 g/mol. The summed E-state index contributed by atoms with van der Waals surface area (Å²) in [4.78, 5) is 16.4. The third kappa shape index (κ3) is 1.68. The van der Waals surface area contributed by atoms with E-state index in [0.29, 0.717) is 22.7 Å². The molecule has 0 unspecified atom stereocenters. The van der Waals surface area contributed by atoms with Crippen LogP contribution in [0.15, 0.2) is 28.7 Å². The molecule has 4 rings (SSSR count). The number of rotatable bonds is 1. The number of hydrogen-bond donors (Lipinski definition) is 2. The van der Waals surface area contributed by atoms with Gasteiger partial charge in [0.25, 0.3) is 0 Å². The maximum Gasteiger partial charge on any atom is 0.248 e. The molecule has 0 bridgehead atoms. The van der Waals surface area contributed by atoms with Gasteiger partial charge in [0.05, 0.1) is 5.41 Å². The van der Waals surface area contributed by atoms with Gasteiger partial charge >= 0.3 is 0 Å². The standard InChI is InChI=1S/C15H12N4O3/c1-15(2)7-5-10-11(6-9(7)17-14(15)21)22-13(16-10)8-3-4-12(20)19-18-8/h3-6H,1-2H3,(H,17,21)(H,19,20). The first-order valence-electron chi connectivity index (χ1n) is 6.75. The number of oxazole rings is 1. The third-order valence-electron chi connectivity index (χ3n) is 3.89. The van der Waals surface area contributed by atoms with Gasteiger partial charge in [0.2, 0.25) is 17.7 Å². The molecule has 3 aromatic rings. The molecule has 7 heteroatoms. The molecule has 110 valence electrons. The molecule has 0 spiro atoms. The van der Waals surface area contributed by atoms with Crippen LogP contribution in [0.2, 0.25) is 0 Å². The van der Waals surface area contributed by atoms with E-state index in [1.165, 1.54) is 6.07 Å². The van der Waals surface area contributed by atoms with E-state index in [0.717, 1.165) is 11.3 Å². The lowest BCUT2D eigenvalue weighted by Gasteiger charge is -2.14. The van der Waals surface area contributed by atoms with Crippen LogP contribution >= 0.6 is 0 Å². The summed E-state index contributed by atoms with van der Waals surface area (Å²) in [6.07, 6.45) is 0. The van der Waals surface area contributed by atoms with Crippen molar-refractivity contribution in [2.24, 2.45) is 0 Å². The molecule has 1 aliphatic rings. The minimum absolute atomic E-state index is 0.0419. The van der Waals surface area contributed by atoms with Gasteiger partial charge in [-0.25, -0.2) is 4.98 Å². The van der Waals surface area contributed by atoms with Crippen molar-refractivity contribution in [1.82, 2.24) is 15.2 Å². The molecule has 2 aromatic heterocycles. The number of amides is 1. The van der Waals surface area contributed by atoms with E-state index in [1.807, 2.05) is 19.9 Å². The molecule has 0 fully saturated rings. The maximum atomic E-state index is 12.0. The monoisotopic (exact) mass is 296 g/mol. The van der Waals surface area contributed by atoms with Gasteiger partial charge in [-0.05, 0) is 31.5 Å². The van der Waals surface area contributed by atoms with Crippen LogP contribution in [0.25, 0.3) is 22.7 Å². The van der Waals surface area contributed by atoms with E-state index in [4.69, 9.17) is 4.42 Å². The molecule has 1 aromatic carbocycles. The van der Waals surface area contributed by atoms with Gasteiger partial charge in [0.1, 0.15) is 11.2 Å². The largest absolute Gasteiger partial charge is 0.492 e. The van der Waals surface area contributed by atoms with E-state index in [2.05, 4.69) is 20.5 Å². The fourth-order valence-electron chi connectivity index (χ4n) is 2.54. The second-order valence-corrected chi connectivity index (χ2v) is 5.74. The zero-order chi connectivity index (χ0) is 15.5. The van der Waals surface area contributed by atoms with Gasteiger partial charge < -0.3 is 14.8 Å². The summed E-state index contributed by atoms with van der Waals surface area (Å²) >= 11 is 0. The summed E-state index contributed by atoms with van der Waals surface area (Å²) < 4.78 is 5.68. The van der Waals surface area contributed by atoms with Crippen molar-refractivity contribution in [3.8, 4) is 17.5 Å². The lowest BCUT2D eigenvalue weighted by atomic mass is 9.86. The molecular formula is C15H12N4O3. The first-order chi connectivity index (χ1) is 10.4. The predicted octanol–water partition coefficient (Wildman–Crippen LogP) is 2.22. The average Bonchev–Trinajstić information content (AvgIpc) is 2.98. The zero-order valence-corrected chi connectivity index (χ0v) is 11.9. The van der Waals surface area contributed by atoms with Crippen LogP contribution in [0.1, 0.15) is 19.4 Å². The number of anilines is 1. The van der Waals surface area contributed by atoms with Crippen molar-refractivity contribution in [3.63, 3.8) is 0 Å². The van der Waals surface area contributed by atoms with E-state index in [1.54, 1.807) is 12.1 Å². The molecule has 0 aliphatic carbocycles. The Kier molecular flexibility index (Phi) is 2.34. The van der Waals surface area contributed by atoms with Crippen molar-refractivity contribution in [2.75, 3.05) is 5.32 Å². The highest BCUT2D eigenvalue weighted by Gasteiger charge is 2.39. The lowest BCUT2D eigenvalue weighted by Crippen LogP contribution is -2.26. The molecule has 1 amide bonds. The van der Waals surface area contributed by atoms with E-state index in [9.17, 15) is 9.90 Å². The molecular weight excluding hydrogens is 284 g/mol. The Morgan fingerprint density at radius 3 is 2.77 bits per heavy atom. The van der Waals surface area contributed by atoms with Gasteiger partial charge in [-0.3, -0.25) is 4.79 Å². The molecule has 3 heterocycles. The molecule has 0 radical (unpaired) electrons. The van der Waals surface area contributed by atoms with Crippen molar-refractivity contribution in [3.05, 3.63) is 29.8 Å². The number of fused-ring (bicyclic) bond motifs is 2. The Bertz CT molecular complexity index is 912. The van der Waals surface area contributed by atoms with Crippen molar-refractivity contribution in [2.45, 2.75) is 19.3 Å². The van der Waals surface area contributed by atoms with E-state index in [-0.39, 0.29) is 11.8 Å². The van der Waals surface area contributed by atoms with Crippen molar-refractivity contribution in [1.29, 1.82) is 0 Å². The number of carbonyl (C=O) groups is 1. The highest BCUT2D eigenvalue weighted by atomic mass is 16.3. The second kappa shape index (κ2) is 4.03. The number of hydrogen-bond acceptors (Lipinski definition) is 6. The molecule has 1 aliphatic heterocycles. The van der Waals surface area contributed by atoms with Crippen LogP contribution in [-0.4, -0.2) is 26.2 Å². The number of aromatic nitrogens is 3. The van der Waals surface area contributed by atoms with Crippen LogP contribution in [0.3, 0.4) is 0 Å². The normalized spacial score (nSPS) is 15.8. The molecule has 2 N–H and O–H groups in total. The predicted molar refractivity (Wildman–Crippen MR) is 78.4 cm³/mol. The number of carbonyl (C=O) groups excluding carboxylic acids is 1. The molecule has 0 atom stereocenters. The number of benzene rings is 1. The van der Waals surface area contributed by atoms with Gasteiger partial charge in [-0.2, -0.15) is 0 Å². The summed E-state index contributed by atoms with van der Waals surface area (Å²) in [6.45, 7) is 3.74. The SMILES string of the molecule is CC1(C)C(=O)Nc2cc3oc(-c4ccc(O)nn4)nc3cc21. The summed E-state index contributed by atoms with van der Waals surface area (Å²) in [7, 11) is 0. The third-order valence-corrected chi connectivity index (χ3v) is 3.89. The summed E-state index contributed by atoms with van der Waals surface area (Å²) in [5, 5.41) is 19.4. The number of aromatic hydroxyl groups is 1. The Hall–Kier alpha value is -2.96. The van der Waals surface area contributed by atoms with Crippen LogP contribution in [0.4, 0.5) is 5.69 Å². The fourth-order valence-corrected chi connectivity index (χ4v) is 2.54. The van der Waals surface area contributed by atoms with Gasteiger partial charge in [-0.15, -0.1) is 10.2 Å². The van der Waals surface area contributed by atoms with Crippen LogP contribution in [-0.2, 0) is 10.2 Å². The first-order valence-corrected chi connectivity index (χ1v) is 6.75. The molecule has 7 nitrogen and oxygen atoms in total. The molecule has 0 saturated heterocycles. The Morgan fingerprint density at radius 2 is 2.05 bits per heavy atom. The maximum absolute atomic E-state index is 12.0. The second-order valence-electron chi connectivity index (χ2n) is 5.74. The summed E-state index contributed by atoms with van der Waals surface area (Å²) in [5.41, 5.74) is 2.66. The Morgan fingerprint density at radius 1 is 1.23 bits per heavy atom. The topological polar surface area (TPSA) is 101 Å². The van der Waals surface area contributed by atoms with Crippen molar-refractivity contribution >= 4 is 22.7 Å². The Labute approximate surface area is 125 Å². The Balaban J connectivity index is 1.87. The summed E-state index contributed by atoms with van der Waals surface area (Å²) in [5.74, 6) is 0.110. The van der Waals surface area contributed by atoms with E-state index >= 15 is 0 Å². The number of nitrogens with one attached hydrogen (secondary N) is 1. The molecule has 22 heavy (non-hydrogen) atoms. The summed E-state index contributed by atoms with van der Waals surface area (Å²) in [6, 6.07) is 6.61. The lowest BCUT2D eigenvalue weighted by molar-refractivity contribution is -0.119. The minimum atomic E-state index is -0.596. The first kappa shape index (κ1) is 12.8. The quantitative estimate of drug-likeness (QED) is 0.714. The van der Waals surface area contributed by atoms with E-state index < -0.39 is 5.41 Å². The molecule has 0 saturated carbocycles. The van der Waals surface area contributed by atoms with Crippen LogP contribution < -0.4 is 5.32 Å². The van der Waals surface area contributed by atoms with Gasteiger partial charge in [0.15, 0.2) is 5.58 Å². The van der Waals surface area contributed by atoms with Crippen molar-refractivity contribution < 1.29 is 14.3 Å². The number of nitrogens with zero attached hydrogens (tertiary/aromatic N) is 3. The fraction of sp³-hybridized carbons (Fsp3) is 0.200. The zero-order valence-electron chi connectivity index (χ0n) is 11.9. The highest BCUT2D eigenvalue weighted by Crippen LogP contribution is 2.40. The van der Waals surface area contributed by atoms with Crippen LogP contribution in [0.5, 0.6) is 5.88 Å². The minimum Gasteiger partial charge on any atom is -0.492 e. The van der Waals surface area contributed by atoms with Gasteiger partial charge in [0, 0.05) is 17.8 Å². The smallest absolute Gasteiger partial charge is 0.248 e. The van der Waals surface area contributed by atoms with Gasteiger partial charge in [-0.1, -0.05) is 0 Å². The van der Waals surface area contributed by atoms with Crippen LogP contribution in [0, 0.1) is 0 Å².